The van der Waals surface area contributed by atoms with E-state index in [1.165, 1.54) is 10.2 Å². The average molecular weight is 430 g/mol. The maximum absolute atomic E-state index is 13.1. The van der Waals surface area contributed by atoms with Gasteiger partial charge in [0.25, 0.3) is 5.56 Å². The molecule has 4 rings (SSSR count). The van der Waals surface area contributed by atoms with Gasteiger partial charge in [-0.3, -0.25) is 9.59 Å². The van der Waals surface area contributed by atoms with Gasteiger partial charge in [-0.15, -0.1) is 0 Å². The number of hydrogen-bond donors (Lipinski definition) is 1. The van der Waals surface area contributed by atoms with Crippen LogP contribution >= 0.6 is 0 Å². The normalized spacial score (nSPS) is 12.1. The minimum Gasteiger partial charge on any atom is -0.352 e. The molecule has 0 saturated carbocycles. The molecule has 0 bridgehead atoms. The van der Waals surface area contributed by atoms with Gasteiger partial charge in [0, 0.05) is 6.04 Å². The van der Waals surface area contributed by atoms with Crippen molar-refractivity contribution in [3.8, 4) is 5.69 Å². The van der Waals surface area contributed by atoms with Gasteiger partial charge in [0.15, 0.2) is 5.52 Å². The molecule has 1 N–H and O–H groups in total. The topological polar surface area (TPSA) is 81.8 Å². The van der Waals surface area contributed by atoms with Gasteiger partial charge in [-0.05, 0) is 51.3 Å². The number of fused-ring (bicyclic) bond motifs is 1. The second-order valence-electron chi connectivity index (χ2n) is 8.10. The first-order valence-corrected chi connectivity index (χ1v) is 10.8. The Kier molecular flexibility index (Phi) is 6.16. The third kappa shape index (κ3) is 4.46. The molecular formula is C25H27N5O2. The Morgan fingerprint density at radius 2 is 1.66 bits per heavy atom. The van der Waals surface area contributed by atoms with Crippen LogP contribution < -0.4 is 10.9 Å². The molecule has 0 aliphatic heterocycles. The molecular weight excluding hydrogens is 402 g/mol. The van der Waals surface area contributed by atoms with E-state index in [4.69, 9.17) is 0 Å². The number of aryl methyl sites for hydroxylation is 3. The summed E-state index contributed by atoms with van der Waals surface area (Å²) in [6, 6.07) is 19.8. The van der Waals surface area contributed by atoms with Gasteiger partial charge in [0.05, 0.1) is 22.5 Å². The third-order valence-corrected chi connectivity index (χ3v) is 5.60. The van der Waals surface area contributed by atoms with E-state index in [1.807, 2.05) is 69.3 Å². The molecule has 2 aromatic heterocycles. The van der Waals surface area contributed by atoms with E-state index in [1.54, 1.807) is 4.68 Å². The van der Waals surface area contributed by atoms with Crippen LogP contribution in [0.1, 0.15) is 30.3 Å². The van der Waals surface area contributed by atoms with Crippen molar-refractivity contribution in [2.45, 2.75) is 46.2 Å². The van der Waals surface area contributed by atoms with E-state index < -0.39 is 0 Å². The maximum Gasteiger partial charge on any atom is 0.295 e. The quantitative estimate of drug-likeness (QED) is 0.489. The fraction of sp³-hybridized carbons (Fsp3) is 0.280. The molecule has 0 aliphatic carbocycles. The first-order chi connectivity index (χ1) is 15.4. The van der Waals surface area contributed by atoms with Crippen LogP contribution in [0, 0.1) is 13.8 Å². The van der Waals surface area contributed by atoms with Crippen LogP contribution in [0.4, 0.5) is 0 Å². The summed E-state index contributed by atoms with van der Waals surface area (Å²) in [4.78, 5) is 25.6. The van der Waals surface area contributed by atoms with Crippen LogP contribution in [-0.4, -0.2) is 31.5 Å². The minimum absolute atomic E-state index is 0.0113. The highest BCUT2D eigenvalue weighted by Gasteiger charge is 2.19. The number of nitrogens with zero attached hydrogens (tertiary/aromatic N) is 4. The molecule has 0 fully saturated rings. The smallest absolute Gasteiger partial charge is 0.295 e. The number of para-hydroxylation sites is 1. The molecule has 1 atom stereocenters. The summed E-state index contributed by atoms with van der Waals surface area (Å²) in [6.45, 7) is 5.59. The maximum atomic E-state index is 13.1. The Morgan fingerprint density at radius 1 is 1.00 bits per heavy atom. The summed E-state index contributed by atoms with van der Waals surface area (Å²) in [6.07, 6.45) is 1.69. The second kappa shape index (κ2) is 9.18. The van der Waals surface area contributed by atoms with Gasteiger partial charge in [-0.2, -0.15) is 10.2 Å². The monoisotopic (exact) mass is 429 g/mol. The van der Waals surface area contributed by atoms with Gasteiger partial charge < -0.3 is 5.32 Å². The zero-order chi connectivity index (χ0) is 22.7. The Balaban J connectivity index is 1.51. The van der Waals surface area contributed by atoms with Crippen LogP contribution in [0.5, 0.6) is 0 Å². The highest BCUT2D eigenvalue weighted by atomic mass is 16.2. The van der Waals surface area contributed by atoms with Gasteiger partial charge in [-0.25, -0.2) is 9.36 Å². The van der Waals surface area contributed by atoms with Crippen LogP contribution in [-0.2, 0) is 17.8 Å². The number of hydrogen-bond acceptors (Lipinski definition) is 4. The van der Waals surface area contributed by atoms with Crippen LogP contribution in [0.2, 0.25) is 0 Å². The van der Waals surface area contributed by atoms with Crippen molar-refractivity contribution in [1.29, 1.82) is 0 Å². The summed E-state index contributed by atoms with van der Waals surface area (Å²) < 4.78 is 2.95. The fourth-order valence-corrected chi connectivity index (χ4v) is 3.97. The van der Waals surface area contributed by atoms with E-state index in [2.05, 4.69) is 27.6 Å². The number of benzene rings is 2. The van der Waals surface area contributed by atoms with Crippen LogP contribution in [0.25, 0.3) is 16.6 Å². The van der Waals surface area contributed by atoms with E-state index in [-0.39, 0.29) is 24.1 Å². The molecule has 0 saturated heterocycles. The lowest BCUT2D eigenvalue weighted by Gasteiger charge is -2.14. The van der Waals surface area contributed by atoms with Crippen molar-refractivity contribution < 1.29 is 4.79 Å². The molecule has 0 radical (unpaired) electrons. The highest BCUT2D eigenvalue weighted by molar-refractivity contribution is 5.83. The fourth-order valence-electron chi connectivity index (χ4n) is 3.97. The third-order valence-electron chi connectivity index (χ3n) is 5.60. The molecule has 0 spiro atoms. The minimum atomic E-state index is -0.365. The highest BCUT2D eigenvalue weighted by Crippen LogP contribution is 2.20. The second-order valence-corrected chi connectivity index (χ2v) is 8.10. The van der Waals surface area contributed by atoms with E-state index in [0.29, 0.717) is 11.2 Å². The SMILES string of the molecule is Cc1nn(CC(=O)N[C@@H](C)CCc2ccccc2)c(=O)c2nn(-c3ccccc3)c(C)c12. The first kappa shape index (κ1) is 21.5. The standard InChI is InChI=1S/C25H27N5O2/c1-17(14-15-20-10-6-4-7-11-20)26-22(31)16-29-25(32)24-23(18(2)27-29)19(3)30(28-24)21-12-8-5-9-13-21/h4-13,17H,14-16H2,1-3H3,(H,26,31)/t17-/m0/s1. The van der Waals surface area contributed by atoms with E-state index >= 15 is 0 Å². The van der Waals surface area contributed by atoms with E-state index in [0.717, 1.165) is 29.6 Å². The molecule has 0 aliphatic rings. The van der Waals surface area contributed by atoms with Crippen LogP contribution in [0.15, 0.2) is 65.5 Å². The molecule has 2 aromatic carbocycles. The zero-order valence-corrected chi connectivity index (χ0v) is 18.6. The molecule has 7 nitrogen and oxygen atoms in total. The molecule has 2 heterocycles. The van der Waals surface area contributed by atoms with Crippen molar-refractivity contribution in [3.05, 3.63) is 88.0 Å². The van der Waals surface area contributed by atoms with Crippen molar-refractivity contribution in [2.75, 3.05) is 0 Å². The van der Waals surface area contributed by atoms with Crippen molar-refractivity contribution in [2.24, 2.45) is 0 Å². The summed E-state index contributed by atoms with van der Waals surface area (Å²) >= 11 is 0. The number of carbonyl (C=O) groups excluding carboxylic acids is 1. The summed E-state index contributed by atoms with van der Waals surface area (Å²) in [7, 11) is 0. The summed E-state index contributed by atoms with van der Waals surface area (Å²) in [5.41, 5.74) is 3.58. The Morgan fingerprint density at radius 3 is 2.34 bits per heavy atom. The molecule has 0 unspecified atom stereocenters. The van der Waals surface area contributed by atoms with Crippen molar-refractivity contribution in [1.82, 2.24) is 24.9 Å². The summed E-state index contributed by atoms with van der Waals surface area (Å²) in [5.74, 6) is -0.238. The molecule has 7 heteroatoms. The molecule has 1 amide bonds. The summed E-state index contributed by atoms with van der Waals surface area (Å²) in [5, 5.41) is 12.6. The Labute approximate surface area is 186 Å². The number of carbonyl (C=O) groups is 1. The predicted molar refractivity (Wildman–Crippen MR) is 125 cm³/mol. The van der Waals surface area contributed by atoms with Gasteiger partial charge in [0.1, 0.15) is 6.54 Å². The molecule has 32 heavy (non-hydrogen) atoms. The van der Waals surface area contributed by atoms with Gasteiger partial charge in [0.2, 0.25) is 5.91 Å². The lowest BCUT2D eigenvalue weighted by Crippen LogP contribution is -2.38. The lowest BCUT2D eigenvalue weighted by atomic mass is 10.1. The van der Waals surface area contributed by atoms with Crippen molar-refractivity contribution >= 4 is 16.8 Å². The Bertz CT molecular complexity index is 1290. The van der Waals surface area contributed by atoms with Gasteiger partial charge >= 0.3 is 0 Å². The average Bonchev–Trinajstić information content (AvgIpc) is 3.15. The zero-order valence-electron chi connectivity index (χ0n) is 18.6. The van der Waals surface area contributed by atoms with Gasteiger partial charge in [-0.1, -0.05) is 48.5 Å². The number of nitrogens with one attached hydrogen (secondary N) is 1. The van der Waals surface area contributed by atoms with E-state index in [9.17, 15) is 9.59 Å². The largest absolute Gasteiger partial charge is 0.352 e. The predicted octanol–water partition coefficient (Wildman–Crippen LogP) is 3.34. The number of aromatic nitrogens is 4. The van der Waals surface area contributed by atoms with Crippen LogP contribution in [0.3, 0.4) is 0 Å². The number of amides is 1. The Hall–Kier alpha value is -3.74. The van der Waals surface area contributed by atoms with Crippen molar-refractivity contribution in [3.63, 3.8) is 0 Å². The molecule has 164 valence electrons. The number of rotatable bonds is 7. The molecule has 4 aromatic rings. The lowest BCUT2D eigenvalue weighted by molar-refractivity contribution is -0.122. The first-order valence-electron chi connectivity index (χ1n) is 10.8.